The van der Waals surface area contributed by atoms with Gasteiger partial charge in [0, 0.05) is 16.2 Å². The first kappa shape index (κ1) is 21.1. The molecule has 3 aromatic rings. The van der Waals surface area contributed by atoms with Crippen LogP contribution in [0.4, 0.5) is 5.69 Å². The molecule has 1 aromatic heterocycles. The number of carbonyl (C=O) groups excluding carboxylic acids is 1. The van der Waals surface area contributed by atoms with Crippen molar-refractivity contribution in [1.82, 2.24) is 0 Å². The summed E-state index contributed by atoms with van der Waals surface area (Å²) < 4.78 is 16.2. The maximum absolute atomic E-state index is 12.7. The second kappa shape index (κ2) is 10.2. The minimum atomic E-state index is -0.126. The molecule has 0 aliphatic heterocycles. The van der Waals surface area contributed by atoms with Crippen LogP contribution in [0.15, 0.2) is 58.1 Å². The van der Waals surface area contributed by atoms with Crippen molar-refractivity contribution in [2.45, 2.75) is 17.1 Å². The molecular formula is C22H23NO4S2. The number of amides is 1. The Hall–Kier alpha value is -2.64. The Morgan fingerprint density at radius 1 is 1.00 bits per heavy atom. The molecule has 2 aromatic carbocycles. The van der Waals surface area contributed by atoms with Gasteiger partial charge in [-0.25, -0.2) is 0 Å². The molecule has 0 saturated heterocycles. The number of rotatable bonds is 9. The van der Waals surface area contributed by atoms with Crippen LogP contribution in [0.5, 0.6) is 17.2 Å². The molecule has 0 aliphatic carbocycles. The van der Waals surface area contributed by atoms with Crippen molar-refractivity contribution in [2.24, 2.45) is 0 Å². The predicted molar refractivity (Wildman–Crippen MR) is 119 cm³/mol. The van der Waals surface area contributed by atoms with Crippen LogP contribution < -0.4 is 19.5 Å². The van der Waals surface area contributed by atoms with E-state index in [-0.39, 0.29) is 12.3 Å². The number of hydrogen-bond donors (Lipinski definition) is 1. The van der Waals surface area contributed by atoms with E-state index in [1.807, 2.05) is 30.3 Å². The smallest absolute Gasteiger partial charge is 0.228 e. The predicted octanol–water partition coefficient (Wildman–Crippen LogP) is 5.25. The van der Waals surface area contributed by atoms with E-state index in [2.05, 4.69) is 22.1 Å². The number of hydrogen-bond acceptors (Lipinski definition) is 6. The molecule has 7 heteroatoms. The van der Waals surface area contributed by atoms with E-state index in [1.54, 1.807) is 50.5 Å². The van der Waals surface area contributed by atoms with Crippen molar-refractivity contribution in [3.8, 4) is 17.2 Å². The lowest BCUT2D eigenvalue weighted by Crippen LogP contribution is -2.15. The Kier molecular flexibility index (Phi) is 7.43. The number of thioether (sulfide) groups is 1. The van der Waals surface area contributed by atoms with Gasteiger partial charge in [0.15, 0.2) is 11.5 Å². The Labute approximate surface area is 179 Å². The molecule has 0 aliphatic rings. The molecule has 0 atom stereocenters. The third kappa shape index (κ3) is 5.25. The highest BCUT2D eigenvalue weighted by Gasteiger charge is 2.18. The van der Waals surface area contributed by atoms with Crippen molar-refractivity contribution in [2.75, 3.05) is 26.6 Å². The van der Waals surface area contributed by atoms with Crippen LogP contribution in [0, 0.1) is 0 Å². The Balaban J connectivity index is 1.73. The van der Waals surface area contributed by atoms with Gasteiger partial charge in [-0.05, 0) is 40.6 Å². The maximum Gasteiger partial charge on any atom is 0.228 e. The summed E-state index contributed by atoms with van der Waals surface area (Å²) in [5.41, 5.74) is 2.81. The maximum atomic E-state index is 12.7. The summed E-state index contributed by atoms with van der Waals surface area (Å²) in [6.07, 6.45) is 0.160. The van der Waals surface area contributed by atoms with Gasteiger partial charge in [0.25, 0.3) is 0 Å². The molecule has 0 spiro atoms. The molecule has 152 valence electrons. The summed E-state index contributed by atoms with van der Waals surface area (Å²) in [6.45, 7) is 0. The van der Waals surface area contributed by atoms with Gasteiger partial charge < -0.3 is 19.5 Å². The number of methoxy groups -OCH3 is 3. The molecule has 5 nitrogen and oxygen atoms in total. The lowest BCUT2D eigenvalue weighted by molar-refractivity contribution is -0.115. The Morgan fingerprint density at radius 2 is 1.79 bits per heavy atom. The molecule has 1 heterocycles. The zero-order valence-corrected chi connectivity index (χ0v) is 18.2. The van der Waals surface area contributed by atoms with E-state index < -0.39 is 0 Å². The molecule has 3 rings (SSSR count). The lowest BCUT2D eigenvalue weighted by Gasteiger charge is -2.16. The summed E-state index contributed by atoms with van der Waals surface area (Å²) in [5.74, 6) is 2.27. The van der Waals surface area contributed by atoms with Crippen LogP contribution in [-0.2, 0) is 17.0 Å². The number of nitrogens with one attached hydrogen (secondary N) is 1. The molecule has 1 N–H and O–H groups in total. The summed E-state index contributed by atoms with van der Waals surface area (Å²) in [4.78, 5) is 13.8. The number of carbonyl (C=O) groups is 1. The fraction of sp³-hybridized carbons (Fsp3) is 0.227. The summed E-state index contributed by atoms with van der Waals surface area (Å²) in [7, 11) is 4.66. The monoisotopic (exact) mass is 429 g/mol. The van der Waals surface area contributed by atoms with Gasteiger partial charge in [0.2, 0.25) is 11.7 Å². The fourth-order valence-corrected chi connectivity index (χ4v) is 4.63. The van der Waals surface area contributed by atoms with E-state index in [0.717, 1.165) is 21.9 Å². The molecule has 29 heavy (non-hydrogen) atoms. The van der Waals surface area contributed by atoms with Crippen molar-refractivity contribution in [3.63, 3.8) is 0 Å². The minimum absolute atomic E-state index is 0.126. The van der Waals surface area contributed by atoms with E-state index in [1.165, 1.54) is 5.56 Å². The number of thiophene rings is 1. The van der Waals surface area contributed by atoms with Gasteiger partial charge >= 0.3 is 0 Å². The topological polar surface area (TPSA) is 56.8 Å². The number of ether oxygens (including phenoxy) is 3. The molecular weight excluding hydrogens is 406 g/mol. The number of para-hydroxylation sites is 1. The molecule has 1 amide bonds. The van der Waals surface area contributed by atoms with Crippen LogP contribution in [0.3, 0.4) is 0 Å². The summed E-state index contributed by atoms with van der Waals surface area (Å²) in [5, 5.41) is 7.23. The summed E-state index contributed by atoms with van der Waals surface area (Å²) in [6, 6.07) is 13.5. The van der Waals surface area contributed by atoms with Gasteiger partial charge in [-0.2, -0.15) is 11.3 Å². The van der Waals surface area contributed by atoms with Gasteiger partial charge in [-0.15, -0.1) is 11.8 Å². The summed E-state index contributed by atoms with van der Waals surface area (Å²) >= 11 is 3.39. The third-order valence-electron chi connectivity index (χ3n) is 4.27. The first-order chi connectivity index (χ1) is 14.2. The number of benzene rings is 2. The van der Waals surface area contributed by atoms with E-state index in [9.17, 15) is 4.79 Å². The van der Waals surface area contributed by atoms with Gasteiger partial charge in [-0.1, -0.05) is 18.2 Å². The minimum Gasteiger partial charge on any atom is -0.493 e. The van der Waals surface area contributed by atoms with Crippen molar-refractivity contribution >= 4 is 34.7 Å². The zero-order chi connectivity index (χ0) is 20.6. The first-order valence-corrected chi connectivity index (χ1v) is 10.9. The average Bonchev–Trinajstić information content (AvgIpc) is 3.26. The van der Waals surface area contributed by atoms with Crippen LogP contribution >= 0.6 is 23.1 Å². The van der Waals surface area contributed by atoms with Crippen molar-refractivity contribution in [3.05, 3.63) is 64.4 Å². The highest BCUT2D eigenvalue weighted by molar-refractivity contribution is 7.98. The highest BCUT2D eigenvalue weighted by atomic mass is 32.2. The third-order valence-corrected chi connectivity index (χ3v) is 6.15. The molecule has 0 saturated carbocycles. The van der Waals surface area contributed by atoms with E-state index >= 15 is 0 Å². The highest BCUT2D eigenvalue weighted by Crippen LogP contribution is 2.40. The zero-order valence-electron chi connectivity index (χ0n) is 16.6. The van der Waals surface area contributed by atoms with Crippen LogP contribution in [0.2, 0.25) is 0 Å². The molecule has 0 unspecified atom stereocenters. The van der Waals surface area contributed by atoms with Gasteiger partial charge in [-0.3, -0.25) is 4.79 Å². The van der Waals surface area contributed by atoms with Crippen molar-refractivity contribution < 1.29 is 19.0 Å². The molecule has 0 radical (unpaired) electrons. The quantitative estimate of drug-likeness (QED) is 0.471. The number of anilines is 1. The average molecular weight is 430 g/mol. The van der Waals surface area contributed by atoms with Gasteiger partial charge in [0.1, 0.15) is 0 Å². The molecule has 0 fully saturated rings. The second-order valence-corrected chi connectivity index (χ2v) is 7.93. The molecule has 0 bridgehead atoms. The Bertz CT molecular complexity index is 957. The van der Waals surface area contributed by atoms with E-state index in [4.69, 9.17) is 14.2 Å². The lowest BCUT2D eigenvalue weighted by atomic mass is 10.1. The standard InChI is InChI=1S/C22H23NO4S2/c1-25-18-9-8-16(21(26-2)22(18)27-3)12-20(24)23-17-6-4-5-7-19(17)29-14-15-10-11-28-13-15/h4-11,13H,12,14H2,1-3H3,(H,23,24). The fourth-order valence-electron chi connectivity index (χ4n) is 2.90. The largest absolute Gasteiger partial charge is 0.493 e. The second-order valence-electron chi connectivity index (χ2n) is 6.13. The Morgan fingerprint density at radius 3 is 2.48 bits per heavy atom. The van der Waals surface area contributed by atoms with Gasteiger partial charge in [0.05, 0.1) is 33.4 Å². The van der Waals surface area contributed by atoms with Crippen LogP contribution in [0.25, 0.3) is 0 Å². The SMILES string of the molecule is COc1ccc(CC(=O)Nc2ccccc2SCc2ccsc2)c(OC)c1OC. The van der Waals surface area contributed by atoms with Crippen LogP contribution in [-0.4, -0.2) is 27.2 Å². The van der Waals surface area contributed by atoms with E-state index in [0.29, 0.717) is 17.2 Å². The first-order valence-electron chi connectivity index (χ1n) is 8.96. The van der Waals surface area contributed by atoms with Crippen LogP contribution in [0.1, 0.15) is 11.1 Å². The normalized spacial score (nSPS) is 10.4. The van der Waals surface area contributed by atoms with Crippen molar-refractivity contribution in [1.29, 1.82) is 0 Å².